The summed E-state index contributed by atoms with van der Waals surface area (Å²) in [5.41, 5.74) is 1.79. The van der Waals surface area contributed by atoms with Crippen LogP contribution in [0.15, 0.2) is 27.3 Å². The van der Waals surface area contributed by atoms with Gasteiger partial charge in [-0.05, 0) is 41.4 Å². The fourth-order valence-corrected chi connectivity index (χ4v) is 3.39. The van der Waals surface area contributed by atoms with Crippen LogP contribution in [0.3, 0.4) is 0 Å². The topological polar surface area (TPSA) is 123 Å². The third-order valence-corrected chi connectivity index (χ3v) is 4.94. The van der Waals surface area contributed by atoms with Crippen LogP contribution >= 0.6 is 27.5 Å². The van der Waals surface area contributed by atoms with Crippen LogP contribution in [0.25, 0.3) is 22.6 Å². The molecule has 1 aromatic carbocycles. The Morgan fingerprint density at radius 3 is 2.62 bits per heavy atom. The summed E-state index contributed by atoms with van der Waals surface area (Å²) in [4.78, 5) is 14.5. The maximum absolute atomic E-state index is 11.0. The van der Waals surface area contributed by atoms with E-state index in [9.17, 15) is 20.3 Å². The number of aromatic hydroxyl groups is 2. The molecule has 0 amide bonds. The first-order valence-corrected chi connectivity index (χ1v) is 8.37. The Labute approximate surface area is 160 Å². The minimum Gasteiger partial charge on any atom is -0.504 e. The Kier molecular flexibility index (Phi) is 4.59. The number of benzene rings is 1. The molecule has 0 radical (unpaired) electrons. The van der Waals surface area contributed by atoms with Crippen LogP contribution in [-0.4, -0.2) is 25.3 Å². The van der Waals surface area contributed by atoms with Gasteiger partial charge in [-0.3, -0.25) is 10.1 Å². The van der Waals surface area contributed by atoms with Crippen molar-refractivity contribution >= 4 is 33.2 Å². The standard InChI is InChI=1S/C16H11BrClN3O5/c1-6-13(16(17)19-7(2)14(6)18)12-5-9(20-26-12)8-3-10(21(24)25)15(23)11(22)4-8/h3-5,22-23H,1-2H3. The molecular weight excluding hydrogens is 430 g/mol. The molecule has 0 aliphatic rings. The molecule has 0 aliphatic heterocycles. The maximum Gasteiger partial charge on any atom is 0.315 e. The molecule has 0 unspecified atom stereocenters. The van der Waals surface area contributed by atoms with Gasteiger partial charge < -0.3 is 14.7 Å². The van der Waals surface area contributed by atoms with E-state index >= 15 is 0 Å². The van der Waals surface area contributed by atoms with E-state index in [1.807, 2.05) is 0 Å². The lowest BCUT2D eigenvalue weighted by atomic mass is 10.1. The van der Waals surface area contributed by atoms with Crippen LogP contribution in [-0.2, 0) is 0 Å². The fourth-order valence-electron chi connectivity index (χ4n) is 2.49. The van der Waals surface area contributed by atoms with Crippen molar-refractivity contribution in [1.82, 2.24) is 10.1 Å². The Bertz CT molecular complexity index is 1050. The van der Waals surface area contributed by atoms with Gasteiger partial charge in [0, 0.05) is 17.7 Å². The number of phenolic OH excluding ortho intramolecular Hbond substituents is 2. The van der Waals surface area contributed by atoms with Crippen molar-refractivity contribution in [2.45, 2.75) is 13.8 Å². The summed E-state index contributed by atoms with van der Waals surface area (Å²) >= 11 is 9.61. The number of nitro groups is 1. The lowest BCUT2D eigenvalue weighted by Crippen LogP contribution is -1.93. The lowest BCUT2D eigenvalue weighted by Gasteiger charge is -2.08. The summed E-state index contributed by atoms with van der Waals surface area (Å²) in [5.74, 6) is -1.10. The number of phenols is 2. The van der Waals surface area contributed by atoms with Crippen LogP contribution in [0.4, 0.5) is 5.69 Å². The van der Waals surface area contributed by atoms with Crippen molar-refractivity contribution in [3.05, 3.63) is 49.2 Å². The first-order chi connectivity index (χ1) is 12.2. The lowest BCUT2D eigenvalue weighted by molar-refractivity contribution is -0.385. The summed E-state index contributed by atoms with van der Waals surface area (Å²) in [6.07, 6.45) is 0. The van der Waals surface area contributed by atoms with Gasteiger partial charge >= 0.3 is 5.69 Å². The molecule has 8 nitrogen and oxygen atoms in total. The van der Waals surface area contributed by atoms with Gasteiger partial charge in [-0.2, -0.15) is 0 Å². The van der Waals surface area contributed by atoms with Gasteiger partial charge in [-0.15, -0.1) is 0 Å². The quantitative estimate of drug-likeness (QED) is 0.260. The molecule has 2 heterocycles. The van der Waals surface area contributed by atoms with Gasteiger partial charge in [-0.1, -0.05) is 16.8 Å². The molecule has 0 saturated carbocycles. The molecule has 3 rings (SSSR count). The van der Waals surface area contributed by atoms with Crippen molar-refractivity contribution in [3.8, 4) is 34.1 Å². The van der Waals surface area contributed by atoms with Gasteiger partial charge in [-0.25, -0.2) is 4.98 Å². The van der Waals surface area contributed by atoms with Gasteiger partial charge in [0.25, 0.3) is 0 Å². The number of aromatic nitrogens is 2. The molecule has 26 heavy (non-hydrogen) atoms. The number of aryl methyl sites for hydroxylation is 1. The third-order valence-electron chi connectivity index (χ3n) is 3.81. The van der Waals surface area contributed by atoms with E-state index < -0.39 is 22.1 Å². The van der Waals surface area contributed by atoms with Gasteiger partial charge in [0.05, 0.1) is 21.2 Å². The summed E-state index contributed by atoms with van der Waals surface area (Å²) in [5, 5.41) is 34.7. The zero-order valence-electron chi connectivity index (χ0n) is 13.4. The summed E-state index contributed by atoms with van der Waals surface area (Å²) in [6.45, 7) is 3.57. The Hall–Kier alpha value is -2.65. The summed E-state index contributed by atoms with van der Waals surface area (Å²) < 4.78 is 5.85. The van der Waals surface area contributed by atoms with Crippen molar-refractivity contribution in [1.29, 1.82) is 0 Å². The molecule has 10 heteroatoms. The number of nitrogens with zero attached hydrogens (tertiary/aromatic N) is 3. The maximum atomic E-state index is 11.0. The van der Waals surface area contributed by atoms with E-state index in [0.717, 1.165) is 17.7 Å². The predicted molar refractivity (Wildman–Crippen MR) is 97.3 cm³/mol. The van der Waals surface area contributed by atoms with Gasteiger partial charge in [0.1, 0.15) is 10.3 Å². The summed E-state index contributed by atoms with van der Waals surface area (Å²) in [7, 11) is 0. The fraction of sp³-hybridized carbons (Fsp3) is 0.125. The summed E-state index contributed by atoms with van der Waals surface area (Å²) in [6, 6.07) is 3.79. The monoisotopic (exact) mass is 439 g/mol. The minimum absolute atomic E-state index is 0.210. The molecule has 0 bridgehead atoms. The smallest absolute Gasteiger partial charge is 0.315 e. The second-order valence-electron chi connectivity index (χ2n) is 5.50. The molecule has 0 spiro atoms. The van der Waals surface area contributed by atoms with E-state index in [0.29, 0.717) is 26.6 Å². The van der Waals surface area contributed by atoms with Gasteiger partial charge in [0.15, 0.2) is 11.5 Å². The average Bonchev–Trinajstić information content (AvgIpc) is 3.04. The second-order valence-corrected chi connectivity index (χ2v) is 6.63. The molecule has 3 aromatic rings. The highest BCUT2D eigenvalue weighted by Crippen LogP contribution is 2.41. The molecule has 0 saturated heterocycles. The van der Waals surface area contributed by atoms with Crippen LogP contribution in [0, 0.1) is 24.0 Å². The Morgan fingerprint density at radius 1 is 1.27 bits per heavy atom. The van der Waals surface area contributed by atoms with Crippen molar-refractivity contribution in [2.75, 3.05) is 0 Å². The van der Waals surface area contributed by atoms with E-state index in [2.05, 4.69) is 26.1 Å². The molecular formula is C16H11BrClN3O5. The number of nitro benzene ring substituents is 1. The van der Waals surface area contributed by atoms with E-state index in [1.54, 1.807) is 13.8 Å². The van der Waals surface area contributed by atoms with Crippen LogP contribution in [0.2, 0.25) is 5.02 Å². The number of pyridine rings is 1. The number of hydrogen-bond acceptors (Lipinski definition) is 7. The van der Waals surface area contributed by atoms with E-state index in [1.165, 1.54) is 6.07 Å². The van der Waals surface area contributed by atoms with Crippen LogP contribution in [0.5, 0.6) is 11.5 Å². The molecule has 134 valence electrons. The third kappa shape index (κ3) is 2.99. The van der Waals surface area contributed by atoms with Crippen molar-refractivity contribution in [3.63, 3.8) is 0 Å². The number of hydrogen-bond donors (Lipinski definition) is 2. The van der Waals surface area contributed by atoms with Gasteiger partial charge in [0.2, 0.25) is 5.75 Å². The molecule has 0 atom stereocenters. The second kappa shape index (κ2) is 6.58. The van der Waals surface area contributed by atoms with Crippen LogP contribution in [0.1, 0.15) is 11.3 Å². The normalized spacial score (nSPS) is 10.9. The van der Waals surface area contributed by atoms with Crippen molar-refractivity contribution in [2.24, 2.45) is 0 Å². The van der Waals surface area contributed by atoms with Crippen LogP contribution < -0.4 is 0 Å². The highest BCUT2D eigenvalue weighted by Gasteiger charge is 2.22. The Balaban J connectivity index is 2.13. The first-order valence-electron chi connectivity index (χ1n) is 7.20. The van der Waals surface area contributed by atoms with E-state index in [4.69, 9.17) is 16.1 Å². The van der Waals surface area contributed by atoms with E-state index in [-0.39, 0.29) is 11.3 Å². The molecule has 0 aliphatic carbocycles. The van der Waals surface area contributed by atoms with Crippen molar-refractivity contribution < 1.29 is 19.7 Å². The minimum atomic E-state index is -0.810. The molecule has 2 N–H and O–H groups in total. The zero-order chi connectivity index (χ0) is 19.2. The SMILES string of the molecule is Cc1nc(Br)c(-c2cc(-c3cc(O)c(O)c([N+](=O)[O-])c3)no2)c(C)c1Cl. The zero-order valence-corrected chi connectivity index (χ0v) is 15.8. The average molecular weight is 441 g/mol. The molecule has 2 aromatic heterocycles. The first kappa shape index (κ1) is 18.2. The highest BCUT2D eigenvalue weighted by molar-refractivity contribution is 9.10. The largest absolute Gasteiger partial charge is 0.504 e. The number of rotatable bonds is 3. The predicted octanol–water partition coefficient (Wildman–Crippen LogP) is 4.76. The molecule has 0 fully saturated rings. The number of halogens is 2. The highest BCUT2D eigenvalue weighted by atomic mass is 79.9. The Morgan fingerprint density at radius 2 is 1.96 bits per heavy atom.